The van der Waals surface area contributed by atoms with E-state index < -0.39 is 0 Å². The molecule has 0 fully saturated rings. The maximum absolute atomic E-state index is 5.31. The van der Waals surface area contributed by atoms with Gasteiger partial charge in [-0.15, -0.1) is 0 Å². The number of nitrogens with zero attached hydrogens (tertiary/aromatic N) is 2. The molecule has 2 nitrogen and oxygen atoms in total. The van der Waals surface area contributed by atoms with Gasteiger partial charge in [-0.3, -0.25) is 0 Å². The second kappa shape index (κ2) is 9.05. The van der Waals surface area contributed by atoms with E-state index in [0.29, 0.717) is 0 Å². The molecule has 3 aromatic rings. The predicted molar refractivity (Wildman–Crippen MR) is 150 cm³/mol. The minimum absolute atomic E-state index is 0.169. The molecule has 3 aromatic carbocycles. The molecule has 0 spiro atoms. The number of thioether (sulfide) groups is 1. The normalized spacial score (nSPS) is 20.5. The average Bonchev–Trinajstić information content (AvgIpc) is 3.29. The Bertz CT molecular complexity index is 1390. The number of rotatable bonds is 3. The van der Waals surface area contributed by atoms with Crippen molar-refractivity contribution in [2.75, 3.05) is 0 Å². The SMILES string of the molecule is Cc1ccc(/C=C2\CCCC3=C2N=C2SC=C(c4ccc(C)cc4)N2[C@@H]3c2ccc(C)cc2)cc1. The summed E-state index contributed by atoms with van der Waals surface area (Å²) in [6.07, 6.45) is 5.67. The Morgan fingerprint density at radius 3 is 2.11 bits per heavy atom. The zero-order valence-electron chi connectivity index (χ0n) is 20.6. The van der Waals surface area contributed by atoms with E-state index in [1.54, 1.807) is 11.8 Å². The first-order valence-electron chi connectivity index (χ1n) is 12.5. The van der Waals surface area contributed by atoms with Gasteiger partial charge in [-0.2, -0.15) is 0 Å². The van der Waals surface area contributed by atoms with Crippen molar-refractivity contribution < 1.29 is 0 Å². The third-order valence-electron chi connectivity index (χ3n) is 7.20. The summed E-state index contributed by atoms with van der Waals surface area (Å²) in [6, 6.07) is 27.0. The van der Waals surface area contributed by atoms with Gasteiger partial charge in [0.05, 0.1) is 17.4 Å². The van der Waals surface area contributed by atoms with E-state index in [9.17, 15) is 0 Å². The lowest BCUT2D eigenvalue weighted by atomic mass is 9.82. The molecule has 3 aliphatic rings. The molecule has 174 valence electrons. The maximum Gasteiger partial charge on any atom is 0.174 e. The standard InChI is InChI=1S/C32H30N2S/c1-21-7-13-24(14-8-21)19-27-5-4-6-28-30(27)33-32-34(31(28)26-17-11-23(3)12-18-26)29(20-35-32)25-15-9-22(2)10-16-25/h7-20,31H,4-6H2,1-3H3/b27-19+/t31-/m1/s1. The fraction of sp³-hybridized carbons (Fsp3) is 0.219. The lowest BCUT2D eigenvalue weighted by molar-refractivity contribution is 0.458. The first kappa shape index (κ1) is 22.2. The number of hydrogen-bond acceptors (Lipinski definition) is 3. The molecule has 0 unspecified atom stereocenters. The number of benzene rings is 3. The Morgan fingerprint density at radius 1 is 0.800 bits per heavy atom. The van der Waals surface area contributed by atoms with E-state index in [0.717, 1.165) is 24.4 Å². The Labute approximate surface area is 212 Å². The summed E-state index contributed by atoms with van der Waals surface area (Å²) in [4.78, 5) is 7.79. The van der Waals surface area contributed by atoms with Crippen molar-refractivity contribution in [3.63, 3.8) is 0 Å². The Hall–Kier alpha value is -3.30. The van der Waals surface area contributed by atoms with Gasteiger partial charge in [-0.1, -0.05) is 101 Å². The highest BCUT2D eigenvalue weighted by molar-refractivity contribution is 8.16. The number of aliphatic imine (C=N–C) groups is 1. The summed E-state index contributed by atoms with van der Waals surface area (Å²) in [5, 5.41) is 3.37. The monoisotopic (exact) mass is 474 g/mol. The van der Waals surface area contributed by atoms with Crippen LogP contribution in [-0.4, -0.2) is 10.1 Å². The molecule has 2 heterocycles. The third kappa shape index (κ3) is 4.19. The highest BCUT2D eigenvalue weighted by atomic mass is 32.2. The van der Waals surface area contributed by atoms with Gasteiger partial charge in [0.15, 0.2) is 5.17 Å². The number of hydrogen-bond donors (Lipinski definition) is 0. The molecule has 0 aromatic heterocycles. The topological polar surface area (TPSA) is 15.6 Å². The number of fused-ring (bicyclic) bond motifs is 1. The van der Waals surface area contributed by atoms with Crippen LogP contribution in [0.3, 0.4) is 0 Å². The van der Waals surface area contributed by atoms with Gasteiger partial charge in [0.2, 0.25) is 0 Å². The predicted octanol–water partition coefficient (Wildman–Crippen LogP) is 8.59. The van der Waals surface area contributed by atoms with Crippen molar-refractivity contribution in [1.29, 1.82) is 0 Å². The molecule has 2 aliphatic heterocycles. The van der Waals surface area contributed by atoms with Crippen molar-refractivity contribution in [3.05, 3.63) is 128 Å². The maximum atomic E-state index is 5.31. The minimum Gasteiger partial charge on any atom is -0.308 e. The summed E-state index contributed by atoms with van der Waals surface area (Å²) >= 11 is 1.75. The van der Waals surface area contributed by atoms with Crippen LogP contribution >= 0.6 is 11.8 Å². The number of amidine groups is 1. The molecule has 3 heteroatoms. The van der Waals surface area contributed by atoms with Gasteiger partial charge >= 0.3 is 0 Å². The van der Waals surface area contributed by atoms with Gasteiger partial charge in [-0.05, 0) is 73.9 Å². The summed E-state index contributed by atoms with van der Waals surface area (Å²) in [7, 11) is 0. The van der Waals surface area contributed by atoms with Crippen molar-refractivity contribution in [2.24, 2.45) is 4.99 Å². The number of allylic oxidation sites excluding steroid dienone is 1. The van der Waals surface area contributed by atoms with Crippen LogP contribution in [0.2, 0.25) is 0 Å². The Balaban J connectivity index is 1.48. The van der Waals surface area contributed by atoms with E-state index in [1.165, 1.54) is 55.9 Å². The molecule has 1 atom stereocenters. The van der Waals surface area contributed by atoms with Crippen molar-refractivity contribution >= 4 is 28.7 Å². The lowest BCUT2D eigenvalue weighted by Crippen LogP contribution is -2.34. The van der Waals surface area contributed by atoms with Crippen LogP contribution in [-0.2, 0) is 0 Å². The highest BCUT2D eigenvalue weighted by Crippen LogP contribution is 2.51. The smallest absolute Gasteiger partial charge is 0.174 e. The molecule has 0 bridgehead atoms. The molecule has 6 rings (SSSR count). The second-order valence-electron chi connectivity index (χ2n) is 9.87. The quantitative estimate of drug-likeness (QED) is 0.378. The molecule has 0 N–H and O–H groups in total. The van der Waals surface area contributed by atoms with Crippen molar-refractivity contribution in [3.8, 4) is 0 Å². The summed E-state index contributed by atoms with van der Waals surface area (Å²) in [5.41, 5.74) is 13.0. The van der Waals surface area contributed by atoms with Crippen LogP contribution in [0, 0.1) is 20.8 Å². The minimum atomic E-state index is 0.169. The largest absolute Gasteiger partial charge is 0.308 e. The molecular formula is C32H30N2S. The summed E-state index contributed by atoms with van der Waals surface area (Å²) < 4.78 is 0. The van der Waals surface area contributed by atoms with E-state index in [1.807, 2.05) is 0 Å². The molecule has 35 heavy (non-hydrogen) atoms. The van der Waals surface area contributed by atoms with E-state index >= 15 is 0 Å². The average molecular weight is 475 g/mol. The van der Waals surface area contributed by atoms with Crippen LogP contribution in [0.1, 0.15) is 58.7 Å². The van der Waals surface area contributed by atoms with Crippen molar-refractivity contribution in [1.82, 2.24) is 4.90 Å². The highest BCUT2D eigenvalue weighted by Gasteiger charge is 2.40. The molecule has 0 amide bonds. The second-order valence-corrected chi connectivity index (χ2v) is 10.7. The Kier molecular flexibility index (Phi) is 5.74. The van der Waals surface area contributed by atoms with Gasteiger partial charge in [-0.25, -0.2) is 4.99 Å². The molecular weight excluding hydrogens is 444 g/mol. The molecule has 0 saturated carbocycles. The molecule has 0 saturated heterocycles. The lowest BCUT2D eigenvalue weighted by Gasteiger charge is -2.40. The first-order valence-corrected chi connectivity index (χ1v) is 13.3. The van der Waals surface area contributed by atoms with E-state index in [2.05, 4.69) is 110 Å². The van der Waals surface area contributed by atoms with Crippen molar-refractivity contribution in [2.45, 2.75) is 46.1 Å². The molecule has 1 aliphatic carbocycles. The first-order chi connectivity index (χ1) is 17.1. The van der Waals surface area contributed by atoms with Gasteiger partial charge in [0.25, 0.3) is 0 Å². The van der Waals surface area contributed by atoms with Gasteiger partial charge < -0.3 is 4.90 Å². The van der Waals surface area contributed by atoms with Gasteiger partial charge in [0.1, 0.15) is 0 Å². The van der Waals surface area contributed by atoms with Gasteiger partial charge in [0, 0.05) is 5.41 Å². The zero-order valence-corrected chi connectivity index (χ0v) is 21.4. The zero-order chi connectivity index (χ0) is 23.9. The summed E-state index contributed by atoms with van der Waals surface area (Å²) in [6.45, 7) is 6.45. The number of aryl methyl sites for hydroxylation is 3. The van der Waals surface area contributed by atoms with Crippen LogP contribution in [0.15, 0.2) is 100 Å². The fourth-order valence-corrected chi connectivity index (χ4v) is 6.19. The third-order valence-corrected chi connectivity index (χ3v) is 8.04. The van der Waals surface area contributed by atoms with Crippen LogP contribution in [0.25, 0.3) is 11.8 Å². The Morgan fingerprint density at radius 2 is 1.43 bits per heavy atom. The van der Waals surface area contributed by atoms with Crippen LogP contribution in [0.5, 0.6) is 0 Å². The van der Waals surface area contributed by atoms with Crippen LogP contribution < -0.4 is 0 Å². The van der Waals surface area contributed by atoms with E-state index in [4.69, 9.17) is 4.99 Å². The van der Waals surface area contributed by atoms with Crippen LogP contribution in [0.4, 0.5) is 0 Å². The van der Waals surface area contributed by atoms with E-state index in [-0.39, 0.29) is 6.04 Å². The summed E-state index contributed by atoms with van der Waals surface area (Å²) in [5.74, 6) is 0. The molecule has 0 radical (unpaired) electrons. The fourth-order valence-electron chi connectivity index (χ4n) is 5.26.